The maximum atomic E-state index is 10.00. The van der Waals surface area contributed by atoms with Gasteiger partial charge in [0.2, 0.25) is 0 Å². The van der Waals surface area contributed by atoms with Crippen molar-refractivity contribution in [1.82, 2.24) is 0 Å². The lowest BCUT2D eigenvalue weighted by Gasteiger charge is -2.45. The zero-order valence-corrected chi connectivity index (χ0v) is 12.0. The summed E-state index contributed by atoms with van der Waals surface area (Å²) in [5.74, 6) is 0. The van der Waals surface area contributed by atoms with Crippen molar-refractivity contribution in [2.45, 2.75) is 61.4 Å². The predicted octanol–water partition coefficient (Wildman–Crippen LogP) is -5.40. The molecule has 10 atom stereocenters. The number of hydrogen-bond acceptors (Lipinski definition) is 11. The van der Waals surface area contributed by atoms with E-state index in [1.54, 1.807) is 0 Å². The van der Waals surface area contributed by atoms with E-state index in [1.807, 2.05) is 0 Å². The van der Waals surface area contributed by atoms with Crippen molar-refractivity contribution >= 4 is 0 Å². The van der Waals surface area contributed by atoms with Crippen LogP contribution in [-0.2, 0) is 14.2 Å². The lowest BCUT2D eigenvalue weighted by Crippen LogP contribution is -2.64. The van der Waals surface area contributed by atoms with Crippen molar-refractivity contribution in [3.8, 4) is 0 Å². The molecule has 0 saturated carbocycles. The molecule has 0 radical (unpaired) electrons. The van der Waals surface area contributed by atoms with Crippen LogP contribution in [0.5, 0.6) is 0 Å². The van der Waals surface area contributed by atoms with Gasteiger partial charge in [0, 0.05) is 0 Å². The second-order valence-electron chi connectivity index (χ2n) is 5.53. The summed E-state index contributed by atoms with van der Waals surface area (Å²) in [5, 5.41) is 76.8. The molecule has 23 heavy (non-hydrogen) atoms. The van der Waals surface area contributed by atoms with Crippen molar-refractivity contribution < 1.29 is 55.1 Å². The molecule has 0 amide bonds. The fourth-order valence-electron chi connectivity index (χ4n) is 2.56. The van der Waals surface area contributed by atoms with Gasteiger partial charge in [-0.05, 0) is 0 Å². The van der Waals surface area contributed by atoms with Gasteiger partial charge in [0.15, 0.2) is 12.6 Å². The van der Waals surface area contributed by atoms with Crippen molar-refractivity contribution in [1.29, 1.82) is 0 Å². The molecule has 0 spiro atoms. The van der Waals surface area contributed by atoms with Crippen molar-refractivity contribution in [3.63, 3.8) is 0 Å². The zero-order chi connectivity index (χ0) is 17.3. The molecule has 11 heteroatoms. The fraction of sp³-hybridized carbons (Fsp3) is 1.00. The van der Waals surface area contributed by atoms with Crippen LogP contribution in [0, 0.1) is 0 Å². The second-order valence-corrected chi connectivity index (χ2v) is 5.53. The van der Waals surface area contributed by atoms with Crippen LogP contribution in [0.25, 0.3) is 0 Å². The summed E-state index contributed by atoms with van der Waals surface area (Å²) in [4.78, 5) is 0. The molecule has 11 nitrogen and oxygen atoms in total. The van der Waals surface area contributed by atoms with Crippen LogP contribution in [0.15, 0.2) is 0 Å². The van der Waals surface area contributed by atoms with Gasteiger partial charge in [-0.2, -0.15) is 0 Å². The molecule has 2 saturated heterocycles. The van der Waals surface area contributed by atoms with Gasteiger partial charge < -0.3 is 55.1 Å². The summed E-state index contributed by atoms with van der Waals surface area (Å²) in [6.07, 6.45) is -15.7. The van der Waals surface area contributed by atoms with Crippen molar-refractivity contribution in [3.05, 3.63) is 0 Å². The smallest absolute Gasteiger partial charge is 0.187 e. The molecule has 0 aromatic rings. The van der Waals surface area contributed by atoms with Crippen molar-refractivity contribution in [2.24, 2.45) is 0 Å². The Labute approximate surface area is 130 Å². The Bertz CT molecular complexity index is 380. The molecule has 0 bridgehead atoms. The maximum Gasteiger partial charge on any atom is 0.187 e. The molecule has 2 aliphatic heterocycles. The Morgan fingerprint density at radius 2 is 1.22 bits per heavy atom. The third kappa shape index (κ3) is 3.65. The van der Waals surface area contributed by atoms with E-state index in [0.717, 1.165) is 0 Å². The van der Waals surface area contributed by atoms with Gasteiger partial charge in [-0.15, -0.1) is 0 Å². The first-order chi connectivity index (χ1) is 10.8. The van der Waals surface area contributed by atoms with E-state index in [0.29, 0.717) is 0 Å². The topological polar surface area (TPSA) is 190 Å². The second kappa shape index (κ2) is 7.63. The molecule has 2 fully saturated rings. The van der Waals surface area contributed by atoms with Crippen LogP contribution in [-0.4, -0.2) is 115 Å². The molecular weight excluding hydrogens is 320 g/mol. The number of hydrogen-bond donors (Lipinski definition) is 8. The first-order valence-electron chi connectivity index (χ1n) is 7.08. The Hall–Kier alpha value is -0.440. The molecule has 2 heterocycles. The molecule has 136 valence electrons. The Kier molecular flexibility index (Phi) is 6.27. The van der Waals surface area contributed by atoms with Gasteiger partial charge in [-0.25, -0.2) is 0 Å². The minimum Gasteiger partial charge on any atom is -0.394 e. The van der Waals surface area contributed by atoms with Gasteiger partial charge in [0.05, 0.1) is 13.2 Å². The van der Waals surface area contributed by atoms with Gasteiger partial charge in [-0.1, -0.05) is 0 Å². The lowest BCUT2D eigenvalue weighted by molar-refractivity contribution is -0.355. The SMILES string of the molecule is OCC1OC(O[C@H]2C(O)C(CO)OC(O)[C@H]2O)[C@@H](O)[C@@H](O)C1O. The largest absolute Gasteiger partial charge is 0.394 e. The first-order valence-corrected chi connectivity index (χ1v) is 7.08. The van der Waals surface area contributed by atoms with E-state index in [1.165, 1.54) is 0 Å². The average Bonchev–Trinajstić information content (AvgIpc) is 2.54. The van der Waals surface area contributed by atoms with E-state index in [-0.39, 0.29) is 0 Å². The molecule has 0 aliphatic carbocycles. The van der Waals surface area contributed by atoms with Crippen LogP contribution < -0.4 is 0 Å². The molecule has 2 aliphatic rings. The number of aliphatic hydroxyl groups is 8. The maximum absolute atomic E-state index is 10.00. The van der Waals surface area contributed by atoms with Gasteiger partial charge in [0.1, 0.15) is 48.8 Å². The van der Waals surface area contributed by atoms with E-state index < -0.39 is 74.6 Å². The highest BCUT2D eigenvalue weighted by atomic mass is 16.7. The molecule has 0 aromatic carbocycles. The average molecular weight is 342 g/mol. The molecular formula is C12H22O11. The summed E-state index contributed by atoms with van der Waals surface area (Å²) in [6.45, 7) is -1.34. The summed E-state index contributed by atoms with van der Waals surface area (Å²) >= 11 is 0. The number of ether oxygens (including phenoxy) is 3. The Balaban J connectivity index is 2.11. The summed E-state index contributed by atoms with van der Waals surface area (Å²) < 4.78 is 15.1. The van der Waals surface area contributed by atoms with E-state index in [9.17, 15) is 30.6 Å². The van der Waals surface area contributed by atoms with Gasteiger partial charge >= 0.3 is 0 Å². The monoisotopic (exact) mass is 342 g/mol. The van der Waals surface area contributed by atoms with E-state index in [4.69, 9.17) is 24.4 Å². The van der Waals surface area contributed by atoms with E-state index in [2.05, 4.69) is 0 Å². The standard InChI is InChI=1S/C12H22O11/c13-1-3-5(15)7(17)8(18)12(22-3)23-10-6(16)4(2-14)21-11(20)9(10)19/h3-20H,1-2H2/t3?,4?,5?,6?,7-,8-,9-,10-,11?,12?/m0/s1. The highest BCUT2D eigenvalue weighted by molar-refractivity contribution is 4.93. The van der Waals surface area contributed by atoms with Gasteiger partial charge in [-0.3, -0.25) is 0 Å². The quantitative estimate of drug-likeness (QED) is 0.243. The van der Waals surface area contributed by atoms with E-state index >= 15 is 0 Å². The summed E-state index contributed by atoms with van der Waals surface area (Å²) in [6, 6.07) is 0. The Morgan fingerprint density at radius 1 is 0.652 bits per heavy atom. The molecule has 8 N–H and O–H groups in total. The molecule has 2 rings (SSSR count). The number of aliphatic hydroxyl groups excluding tert-OH is 8. The van der Waals surface area contributed by atoms with Crippen molar-refractivity contribution in [2.75, 3.05) is 13.2 Å². The minimum absolute atomic E-state index is 0.667. The first kappa shape index (κ1) is 18.9. The summed E-state index contributed by atoms with van der Waals surface area (Å²) in [7, 11) is 0. The predicted molar refractivity (Wildman–Crippen MR) is 68.6 cm³/mol. The van der Waals surface area contributed by atoms with Crippen LogP contribution in [0.2, 0.25) is 0 Å². The lowest BCUT2D eigenvalue weighted by atomic mass is 9.97. The van der Waals surface area contributed by atoms with Crippen LogP contribution >= 0.6 is 0 Å². The van der Waals surface area contributed by atoms with Crippen LogP contribution in [0.3, 0.4) is 0 Å². The van der Waals surface area contributed by atoms with Crippen LogP contribution in [0.1, 0.15) is 0 Å². The fourth-order valence-corrected chi connectivity index (χ4v) is 2.56. The summed E-state index contributed by atoms with van der Waals surface area (Å²) in [5.41, 5.74) is 0. The highest BCUT2D eigenvalue weighted by Crippen LogP contribution is 2.28. The molecule has 0 aromatic heterocycles. The van der Waals surface area contributed by atoms with Crippen LogP contribution in [0.4, 0.5) is 0 Å². The normalized spacial score (nSPS) is 51.7. The third-order valence-corrected chi connectivity index (χ3v) is 3.98. The van der Waals surface area contributed by atoms with Gasteiger partial charge in [0.25, 0.3) is 0 Å². The minimum atomic E-state index is -1.76. The third-order valence-electron chi connectivity index (χ3n) is 3.98. The molecule has 6 unspecified atom stereocenters. The Morgan fingerprint density at radius 3 is 1.78 bits per heavy atom. The number of rotatable bonds is 4. The zero-order valence-electron chi connectivity index (χ0n) is 12.0. The highest BCUT2D eigenvalue weighted by Gasteiger charge is 2.50.